The van der Waals surface area contributed by atoms with E-state index in [1.165, 1.54) is 16.7 Å². The molecule has 1 aromatic heterocycles. The Labute approximate surface area is 189 Å². The van der Waals surface area contributed by atoms with Crippen molar-refractivity contribution in [2.24, 2.45) is 0 Å². The maximum absolute atomic E-state index is 13.4. The van der Waals surface area contributed by atoms with Gasteiger partial charge in [0.15, 0.2) is 5.16 Å². The zero-order chi connectivity index (χ0) is 22.8. The molecule has 1 aliphatic heterocycles. The number of methoxy groups -OCH3 is 1. The zero-order valence-electron chi connectivity index (χ0n) is 18.1. The van der Waals surface area contributed by atoms with Crippen molar-refractivity contribution in [1.82, 2.24) is 9.55 Å². The summed E-state index contributed by atoms with van der Waals surface area (Å²) in [6.07, 6.45) is 0. The first-order chi connectivity index (χ1) is 15.4. The van der Waals surface area contributed by atoms with E-state index in [4.69, 9.17) is 4.74 Å². The molecule has 9 heteroatoms. The molecule has 32 heavy (non-hydrogen) atoms. The minimum atomic E-state index is -0.581. The van der Waals surface area contributed by atoms with Crippen LogP contribution >= 0.6 is 11.8 Å². The second-order valence-corrected chi connectivity index (χ2v) is 8.95. The van der Waals surface area contributed by atoms with E-state index in [1.54, 1.807) is 55.0 Å². The van der Waals surface area contributed by atoms with Crippen molar-refractivity contribution >= 4 is 45.9 Å². The van der Waals surface area contributed by atoms with Crippen molar-refractivity contribution in [2.75, 3.05) is 30.5 Å². The van der Waals surface area contributed by atoms with Crippen LogP contribution in [0.1, 0.15) is 19.9 Å². The summed E-state index contributed by atoms with van der Waals surface area (Å²) >= 11 is 1.20. The van der Waals surface area contributed by atoms with Gasteiger partial charge >= 0.3 is 0 Å². The highest BCUT2D eigenvalue weighted by molar-refractivity contribution is 8.00. The molecular formula is C23H24N4O4S. The summed E-state index contributed by atoms with van der Waals surface area (Å²) in [6.45, 7) is 3.91. The molecule has 0 fully saturated rings. The second-order valence-electron chi connectivity index (χ2n) is 7.64. The Hall–Kier alpha value is -3.17. The van der Waals surface area contributed by atoms with E-state index in [-0.39, 0.29) is 30.0 Å². The SMILES string of the molecule is COC[C@H](C)n1c(S[C@H](C)C(=O)N2CC(=O)Nc3ccccc32)nc2ccccc2c1=O. The summed E-state index contributed by atoms with van der Waals surface area (Å²) in [5, 5.41) is 3.16. The molecule has 166 valence electrons. The standard InChI is InChI=1S/C23H24N4O4S/c1-14(13-31-3)27-22(30)16-8-4-5-9-17(16)25-23(27)32-15(2)21(29)26-12-20(28)24-18-10-6-7-11-19(18)26/h4-11,14-15H,12-13H2,1-3H3,(H,24,28)/t14-,15+/m0/s1. The van der Waals surface area contributed by atoms with Crippen molar-refractivity contribution in [2.45, 2.75) is 30.3 Å². The van der Waals surface area contributed by atoms with Crippen LogP contribution < -0.4 is 15.8 Å². The van der Waals surface area contributed by atoms with E-state index in [2.05, 4.69) is 10.3 Å². The molecule has 1 N–H and O–H groups in total. The third kappa shape index (κ3) is 4.13. The van der Waals surface area contributed by atoms with E-state index in [0.29, 0.717) is 34.0 Å². The van der Waals surface area contributed by atoms with Crippen LogP contribution in [0.25, 0.3) is 10.9 Å². The molecule has 8 nitrogen and oxygen atoms in total. The van der Waals surface area contributed by atoms with Gasteiger partial charge in [0.1, 0.15) is 6.54 Å². The third-order valence-electron chi connectivity index (χ3n) is 5.29. The minimum absolute atomic E-state index is 0.0568. The maximum atomic E-state index is 13.4. The number of amides is 2. The number of rotatable bonds is 6. The number of hydrogen-bond donors (Lipinski definition) is 1. The summed E-state index contributed by atoms with van der Waals surface area (Å²) in [5.74, 6) is -0.477. The number of hydrogen-bond acceptors (Lipinski definition) is 6. The van der Waals surface area contributed by atoms with Crippen LogP contribution in [0.3, 0.4) is 0 Å². The lowest BCUT2D eigenvalue weighted by atomic mass is 10.2. The van der Waals surface area contributed by atoms with Crippen LogP contribution in [0.15, 0.2) is 58.5 Å². The molecule has 2 atom stereocenters. The Morgan fingerprint density at radius 2 is 1.88 bits per heavy atom. The molecule has 0 radical (unpaired) electrons. The molecular weight excluding hydrogens is 428 g/mol. The van der Waals surface area contributed by atoms with Gasteiger partial charge in [0.2, 0.25) is 11.8 Å². The van der Waals surface area contributed by atoms with E-state index < -0.39 is 5.25 Å². The summed E-state index contributed by atoms with van der Waals surface area (Å²) in [5.41, 5.74) is 1.65. The van der Waals surface area contributed by atoms with Gasteiger partial charge in [-0.25, -0.2) is 4.98 Å². The van der Waals surface area contributed by atoms with Crippen LogP contribution in [0.2, 0.25) is 0 Å². The number of anilines is 2. The highest BCUT2D eigenvalue weighted by atomic mass is 32.2. The lowest BCUT2D eigenvalue weighted by Crippen LogP contribution is -2.45. The Morgan fingerprint density at radius 1 is 1.16 bits per heavy atom. The zero-order valence-corrected chi connectivity index (χ0v) is 18.9. The predicted octanol–water partition coefficient (Wildman–Crippen LogP) is 3.07. The first kappa shape index (κ1) is 22.0. The number of aromatic nitrogens is 2. The van der Waals surface area contributed by atoms with Gasteiger partial charge in [-0.1, -0.05) is 36.0 Å². The predicted molar refractivity (Wildman–Crippen MR) is 125 cm³/mol. The van der Waals surface area contributed by atoms with Crippen molar-refractivity contribution < 1.29 is 14.3 Å². The molecule has 2 amide bonds. The number of para-hydroxylation sites is 3. The van der Waals surface area contributed by atoms with Crippen molar-refractivity contribution in [3.05, 3.63) is 58.9 Å². The molecule has 4 rings (SSSR count). The fourth-order valence-electron chi connectivity index (χ4n) is 3.77. The van der Waals surface area contributed by atoms with Crippen LogP contribution in [-0.2, 0) is 14.3 Å². The van der Waals surface area contributed by atoms with Crippen LogP contribution in [0, 0.1) is 0 Å². The number of fused-ring (bicyclic) bond motifs is 2. The quantitative estimate of drug-likeness (QED) is 0.456. The summed E-state index contributed by atoms with van der Waals surface area (Å²) < 4.78 is 6.84. The monoisotopic (exact) mass is 452 g/mol. The molecule has 0 spiro atoms. The molecule has 2 heterocycles. The summed E-state index contributed by atoms with van der Waals surface area (Å²) in [7, 11) is 1.58. The fraction of sp³-hybridized carbons (Fsp3) is 0.304. The van der Waals surface area contributed by atoms with E-state index in [9.17, 15) is 14.4 Å². The molecule has 3 aromatic rings. The fourth-order valence-corrected chi connectivity index (χ4v) is 4.84. The number of ether oxygens (including phenoxy) is 1. The minimum Gasteiger partial charge on any atom is -0.383 e. The molecule has 0 aliphatic carbocycles. The maximum Gasteiger partial charge on any atom is 0.262 e. The van der Waals surface area contributed by atoms with Crippen molar-refractivity contribution in [3.8, 4) is 0 Å². The van der Waals surface area contributed by atoms with Gasteiger partial charge in [0.05, 0.1) is 40.2 Å². The number of nitrogens with zero attached hydrogens (tertiary/aromatic N) is 3. The van der Waals surface area contributed by atoms with Crippen LogP contribution in [0.5, 0.6) is 0 Å². The summed E-state index contributed by atoms with van der Waals surface area (Å²) in [4.78, 5) is 44.9. The highest BCUT2D eigenvalue weighted by Crippen LogP contribution is 2.32. The Morgan fingerprint density at radius 3 is 2.66 bits per heavy atom. The van der Waals surface area contributed by atoms with Gasteiger partial charge in [-0.05, 0) is 38.1 Å². The largest absolute Gasteiger partial charge is 0.383 e. The number of nitrogens with one attached hydrogen (secondary N) is 1. The van der Waals surface area contributed by atoms with Gasteiger partial charge in [-0.3, -0.25) is 23.9 Å². The van der Waals surface area contributed by atoms with Gasteiger partial charge in [0, 0.05) is 7.11 Å². The van der Waals surface area contributed by atoms with Crippen molar-refractivity contribution in [1.29, 1.82) is 0 Å². The van der Waals surface area contributed by atoms with Crippen molar-refractivity contribution in [3.63, 3.8) is 0 Å². The molecule has 1 aliphatic rings. The smallest absolute Gasteiger partial charge is 0.262 e. The summed E-state index contributed by atoms with van der Waals surface area (Å²) in [6, 6.07) is 14.1. The lowest BCUT2D eigenvalue weighted by molar-refractivity contribution is -0.121. The topological polar surface area (TPSA) is 93.5 Å². The second kappa shape index (κ2) is 9.13. The Bertz CT molecular complexity index is 1240. The van der Waals surface area contributed by atoms with Gasteiger partial charge in [-0.2, -0.15) is 0 Å². The first-order valence-corrected chi connectivity index (χ1v) is 11.2. The number of thioether (sulfide) groups is 1. The van der Waals surface area contributed by atoms with E-state index >= 15 is 0 Å². The highest BCUT2D eigenvalue weighted by Gasteiger charge is 2.31. The van der Waals surface area contributed by atoms with Gasteiger partial charge < -0.3 is 10.1 Å². The van der Waals surface area contributed by atoms with E-state index in [0.717, 1.165) is 0 Å². The molecule has 0 bridgehead atoms. The lowest BCUT2D eigenvalue weighted by Gasteiger charge is -2.31. The third-order valence-corrected chi connectivity index (χ3v) is 6.34. The molecule has 0 unspecified atom stereocenters. The number of carbonyl (C=O) groups excluding carboxylic acids is 2. The van der Waals surface area contributed by atoms with Crippen LogP contribution in [0.4, 0.5) is 11.4 Å². The number of carbonyl (C=O) groups is 2. The molecule has 0 saturated heterocycles. The number of benzene rings is 2. The average molecular weight is 453 g/mol. The van der Waals surface area contributed by atoms with Gasteiger partial charge in [0.25, 0.3) is 5.56 Å². The molecule has 0 saturated carbocycles. The normalized spacial score (nSPS) is 15.2. The Balaban J connectivity index is 1.70. The van der Waals surface area contributed by atoms with Gasteiger partial charge in [-0.15, -0.1) is 0 Å². The first-order valence-electron chi connectivity index (χ1n) is 10.3. The van der Waals surface area contributed by atoms with Crippen LogP contribution in [-0.4, -0.2) is 46.9 Å². The van der Waals surface area contributed by atoms with E-state index in [1.807, 2.05) is 19.1 Å². The Kier molecular flexibility index (Phi) is 6.29. The average Bonchev–Trinajstić information content (AvgIpc) is 2.78. The molecule has 2 aromatic carbocycles.